The summed E-state index contributed by atoms with van der Waals surface area (Å²) in [6, 6.07) is 6.07. The first-order valence-electron chi connectivity index (χ1n) is 8.28. The second-order valence-electron chi connectivity index (χ2n) is 7.48. The number of benzene rings is 1. The number of fused-ring (bicyclic) bond motifs is 2. The molecular weight excluding hydrogens is 360 g/mol. The summed E-state index contributed by atoms with van der Waals surface area (Å²) in [7, 11) is 0. The molecule has 4 nitrogen and oxygen atoms in total. The Hall–Kier alpha value is -0.620. The van der Waals surface area contributed by atoms with E-state index in [4.69, 9.17) is 14.2 Å². The van der Waals surface area contributed by atoms with E-state index >= 15 is 0 Å². The summed E-state index contributed by atoms with van der Waals surface area (Å²) in [5.41, 5.74) is 0.402. The highest BCUT2D eigenvalue weighted by Gasteiger charge is 2.62. The van der Waals surface area contributed by atoms with Crippen molar-refractivity contribution in [2.24, 2.45) is 5.41 Å². The third-order valence-electron chi connectivity index (χ3n) is 6.33. The van der Waals surface area contributed by atoms with Gasteiger partial charge in [-0.05, 0) is 24.6 Å². The summed E-state index contributed by atoms with van der Waals surface area (Å²) in [5, 5.41) is 10.4. The van der Waals surface area contributed by atoms with Crippen molar-refractivity contribution in [3.05, 3.63) is 28.2 Å². The third-order valence-corrected chi connectivity index (χ3v) is 6.82. The summed E-state index contributed by atoms with van der Waals surface area (Å²) in [6.45, 7) is 5.73. The van der Waals surface area contributed by atoms with E-state index in [1.807, 2.05) is 12.1 Å². The van der Waals surface area contributed by atoms with Gasteiger partial charge in [0, 0.05) is 33.7 Å². The smallest absolute Gasteiger partial charge is 0.169 e. The van der Waals surface area contributed by atoms with Crippen molar-refractivity contribution in [1.82, 2.24) is 0 Å². The van der Waals surface area contributed by atoms with Gasteiger partial charge >= 0.3 is 0 Å². The second kappa shape index (κ2) is 5.19. The fraction of sp³-hybridized carbons (Fsp3) is 0.667. The van der Waals surface area contributed by atoms with Gasteiger partial charge < -0.3 is 19.3 Å². The molecule has 0 amide bonds. The average Bonchev–Trinajstić information content (AvgIpc) is 2.98. The molecule has 5 heteroatoms. The van der Waals surface area contributed by atoms with Crippen LogP contribution in [0, 0.1) is 5.41 Å². The van der Waals surface area contributed by atoms with Crippen molar-refractivity contribution in [3.63, 3.8) is 0 Å². The van der Waals surface area contributed by atoms with Crippen molar-refractivity contribution >= 4 is 15.9 Å². The van der Waals surface area contributed by atoms with Crippen LogP contribution in [0.15, 0.2) is 22.7 Å². The highest BCUT2D eigenvalue weighted by atomic mass is 79.9. The van der Waals surface area contributed by atoms with Crippen molar-refractivity contribution in [1.29, 1.82) is 0 Å². The van der Waals surface area contributed by atoms with Gasteiger partial charge in [-0.3, -0.25) is 0 Å². The number of hydrogen-bond acceptors (Lipinski definition) is 4. The molecule has 0 radical (unpaired) electrons. The maximum Gasteiger partial charge on any atom is 0.169 e. The summed E-state index contributed by atoms with van der Waals surface area (Å²) in [6.07, 6.45) is 2.53. The molecule has 3 unspecified atom stereocenters. The molecule has 2 fully saturated rings. The predicted octanol–water partition coefficient (Wildman–Crippen LogP) is 3.39. The Morgan fingerprint density at radius 2 is 2.00 bits per heavy atom. The average molecular weight is 383 g/mol. The fourth-order valence-corrected chi connectivity index (χ4v) is 5.04. The quantitative estimate of drug-likeness (QED) is 0.808. The zero-order valence-electron chi connectivity index (χ0n) is 13.6. The Balaban J connectivity index is 1.83. The van der Waals surface area contributed by atoms with Crippen LogP contribution in [0.4, 0.5) is 0 Å². The van der Waals surface area contributed by atoms with Gasteiger partial charge in [-0.15, -0.1) is 0 Å². The first-order valence-corrected chi connectivity index (χ1v) is 9.07. The van der Waals surface area contributed by atoms with Crippen molar-refractivity contribution in [3.8, 4) is 5.75 Å². The van der Waals surface area contributed by atoms with E-state index in [1.54, 1.807) is 0 Å². The van der Waals surface area contributed by atoms with E-state index < -0.39 is 11.2 Å². The van der Waals surface area contributed by atoms with Gasteiger partial charge in [0.15, 0.2) is 5.79 Å². The summed E-state index contributed by atoms with van der Waals surface area (Å²) in [5.74, 6) is 0.380. The van der Waals surface area contributed by atoms with Crippen LogP contribution in [-0.4, -0.2) is 36.8 Å². The normalized spacial score (nSPS) is 38.0. The molecule has 0 bridgehead atoms. The summed E-state index contributed by atoms with van der Waals surface area (Å²) in [4.78, 5) is 0. The summed E-state index contributed by atoms with van der Waals surface area (Å²) >= 11 is 3.55. The van der Waals surface area contributed by atoms with Crippen LogP contribution in [0.5, 0.6) is 5.75 Å². The minimum Gasteiger partial charge on any atom is -0.490 e. The number of aliphatic hydroxyl groups excluding tert-OH is 1. The van der Waals surface area contributed by atoms with Gasteiger partial charge in [-0.2, -0.15) is 0 Å². The van der Waals surface area contributed by atoms with Crippen LogP contribution in [0.3, 0.4) is 0 Å². The van der Waals surface area contributed by atoms with Gasteiger partial charge in [0.05, 0.1) is 19.8 Å². The minimum absolute atomic E-state index is 0.0618. The van der Waals surface area contributed by atoms with E-state index in [-0.39, 0.29) is 18.1 Å². The molecule has 2 heterocycles. The van der Waals surface area contributed by atoms with E-state index in [0.717, 1.165) is 35.0 Å². The van der Waals surface area contributed by atoms with Crippen molar-refractivity contribution in [2.45, 2.75) is 50.4 Å². The van der Waals surface area contributed by atoms with Gasteiger partial charge in [0.1, 0.15) is 11.9 Å². The molecule has 1 aliphatic carbocycles. The molecule has 1 aromatic rings. The van der Waals surface area contributed by atoms with Crippen molar-refractivity contribution in [2.75, 3.05) is 19.8 Å². The molecule has 1 saturated carbocycles. The molecule has 3 atom stereocenters. The maximum absolute atomic E-state index is 10.4. The topological polar surface area (TPSA) is 47.9 Å². The van der Waals surface area contributed by atoms with Crippen LogP contribution in [0.2, 0.25) is 0 Å². The molecule has 23 heavy (non-hydrogen) atoms. The maximum atomic E-state index is 10.4. The standard InChI is InChI=1S/C18H23BrO4/c1-16-10-18(21-7-8-22-18)6-5-15(16)23-14-4-3-12(19)9-13(14)17(16,2)11-20/h3-4,9,15,20H,5-8,10-11H2,1-2H3. The lowest BCUT2D eigenvalue weighted by Gasteiger charge is -2.58. The SMILES string of the molecule is CC1(CO)c2cc(Br)ccc2OC2CCC3(CC21C)OCCO3. The van der Waals surface area contributed by atoms with Gasteiger partial charge in [0.25, 0.3) is 0 Å². The first kappa shape index (κ1) is 15.9. The van der Waals surface area contributed by atoms with Crippen LogP contribution < -0.4 is 4.74 Å². The van der Waals surface area contributed by atoms with Crippen LogP contribution in [-0.2, 0) is 14.9 Å². The molecule has 0 aromatic heterocycles. The molecule has 1 aromatic carbocycles. The molecule has 1 saturated heterocycles. The Labute approximate surface area is 145 Å². The van der Waals surface area contributed by atoms with Crippen LogP contribution in [0.25, 0.3) is 0 Å². The molecule has 3 aliphatic rings. The third kappa shape index (κ3) is 2.13. The molecule has 126 valence electrons. The fourth-order valence-electron chi connectivity index (χ4n) is 4.68. The van der Waals surface area contributed by atoms with Crippen molar-refractivity contribution < 1.29 is 19.3 Å². The largest absolute Gasteiger partial charge is 0.490 e. The number of aliphatic hydroxyl groups is 1. The first-order chi connectivity index (χ1) is 10.9. The zero-order valence-corrected chi connectivity index (χ0v) is 15.2. The van der Waals surface area contributed by atoms with Crippen LogP contribution in [0.1, 0.15) is 38.7 Å². The van der Waals surface area contributed by atoms with E-state index in [1.165, 1.54) is 0 Å². The van der Waals surface area contributed by atoms with E-state index in [0.29, 0.717) is 13.2 Å². The summed E-state index contributed by atoms with van der Waals surface area (Å²) < 4.78 is 19.3. The molecular formula is C18H23BrO4. The molecule has 4 rings (SSSR count). The molecule has 1 N–H and O–H groups in total. The monoisotopic (exact) mass is 382 g/mol. The lowest BCUT2D eigenvalue weighted by molar-refractivity contribution is -0.236. The molecule has 2 aliphatic heterocycles. The lowest BCUT2D eigenvalue weighted by atomic mass is 9.53. The van der Waals surface area contributed by atoms with Crippen LogP contribution >= 0.6 is 15.9 Å². The highest BCUT2D eigenvalue weighted by Crippen LogP contribution is 2.60. The van der Waals surface area contributed by atoms with Gasteiger partial charge in [0.2, 0.25) is 0 Å². The molecule has 1 spiro atoms. The Bertz CT molecular complexity index is 627. The number of rotatable bonds is 1. The Morgan fingerprint density at radius 3 is 2.70 bits per heavy atom. The van der Waals surface area contributed by atoms with Gasteiger partial charge in [-0.1, -0.05) is 29.8 Å². The Morgan fingerprint density at radius 1 is 1.26 bits per heavy atom. The minimum atomic E-state index is -0.505. The highest BCUT2D eigenvalue weighted by molar-refractivity contribution is 9.10. The Kier molecular flexibility index (Phi) is 3.58. The van der Waals surface area contributed by atoms with E-state index in [9.17, 15) is 5.11 Å². The predicted molar refractivity (Wildman–Crippen MR) is 89.6 cm³/mol. The number of hydrogen-bond donors (Lipinski definition) is 1. The number of ether oxygens (including phenoxy) is 3. The lowest BCUT2D eigenvalue weighted by Crippen LogP contribution is -2.62. The zero-order chi connectivity index (χ0) is 16.3. The van der Waals surface area contributed by atoms with E-state index in [2.05, 4.69) is 35.8 Å². The second-order valence-corrected chi connectivity index (χ2v) is 8.39. The van der Waals surface area contributed by atoms with Gasteiger partial charge in [-0.25, -0.2) is 0 Å². The number of halogens is 1.